The molecule has 0 aliphatic rings. The van der Waals surface area contributed by atoms with Crippen molar-refractivity contribution in [2.24, 2.45) is 0 Å². The maximum absolute atomic E-state index is 8.94. The van der Waals surface area contributed by atoms with E-state index in [1.165, 1.54) is 0 Å². The van der Waals surface area contributed by atoms with E-state index in [-0.39, 0.29) is 12.5 Å². The summed E-state index contributed by atoms with van der Waals surface area (Å²) in [5.74, 6) is 0.101. The van der Waals surface area contributed by atoms with Gasteiger partial charge in [-0.15, -0.1) is 0 Å². The van der Waals surface area contributed by atoms with E-state index in [1.807, 2.05) is 25.1 Å². The fraction of sp³-hybridized carbons (Fsp3) is 0.300. The fourth-order valence-electron chi connectivity index (χ4n) is 1.04. The first-order valence-electron chi connectivity index (χ1n) is 3.99. The van der Waals surface area contributed by atoms with Gasteiger partial charge in [0.25, 0.3) is 0 Å². The maximum atomic E-state index is 8.94. The average molecular weight is 287 g/mol. The topological polar surface area (TPSA) is 44.0 Å². The zero-order valence-electron chi connectivity index (χ0n) is 7.29. The van der Waals surface area contributed by atoms with Gasteiger partial charge in [-0.25, -0.2) is 0 Å². The third kappa shape index (κ3) is 2.42. The van der Waals surface area contributed by atoms with Crippen molar-refractivity contribution in [2.45, 2.75) is 12.8 Å². The van der Waals surface area contributed by atoms with E-state index in [0.717, 1.165) is 9.13 Å². The quantitative estimate of drug-likeness (QED) is 0.848. The van der Waals surface area contributed by atoms with Crippen LogP contribution in [0.15, 0.2) is 18.2 Å². The van der Waals surface area contributed by atoms with Crippen molar-refractivity contribution in [1.82, 2.24) is 0 Å². The smallest absolute Gasteiger partial charge is 0.100 e. The number of rotatable bonds is 2. The number of nitrogens with zero attached hydrogens (tertiary/aromatic N) is 1. The molecule has 13 heavy (non-hydrogen) atoms. The van der Waals surface area contributed by atoms with Gasteiger partial charge in [0, 0.05) is 16.1 Å². The summed E-state index contributed by atoms with van der Waals surface area (Å²) in [6.07, 6.45) is 0. The molecule has 0 amide bonds. The Bertz CT molecular complexity index is 343. The van der Waals surface area contributed by atoms with Gasteiger partial charge in [-0.2, -0.15) is 5.26 Å². The van der Waals surface area contributed by atoms with Crippen molar-refractivity contribution < 1.29 is 5.11 Å². The predicted octanol–water partition coefficient (Wildman–Crippen LogP) is 2.26. The van der Waals surface area contributed by atoms with E-state index < -0.39 is 0 Å². The number of benzene rings is 1. The van der Waals surface area contributed by atoms with Crippen molar-refractivity contribution in [3.8, 4) is 6.07 Å². The number of hydrogen-bond donors (Lipinski definition) is 1. The minimum atomic E-state index is 0.101. The summed E-state index contributed by atoms with van der Waals surface area (Å²) in [5.41, 5.74) is 1.69. The van der Waals surface area contributed by atoms with Gasteiger partial charge >= 0.3 is 0 Å². The van der Waals surface area contributed by atoms with Crippen LogP contribution in [-0.2, 0) is 0 Å². The molecule has 1 unspecified atom stereocenters. The maximum Gasteiger partial charge on any atom is 0.100 e. The van der Waals surface area contributed by atoms with Crippen LogP contribution >= 0.6 is 22.6 Å². The average Bonchev–Trinajstić information content (AvgIpc) is 2.17. The number of halogens is 1. The van der Waals surface area contributed by atoms with Crippen molar-refractivity contribution in [1.29, 1.82) is 5.26 Å². The summed E-state index contributed by atoms with van der Waals surface area (Å²) in [7, 11) is 0. The summed E-state index contributed by atoms with van der Waals surface area (Å²) < 4.78 is 0.953. The molecule has 1 rings (SSSR count). The molecule has 0 spiro atoms. The van der Waals surface area contributed by atoms with Gasteiger partial charge in [-0.05, 0) is 40.3 Å². The molecule has 3 heteroatoms. The molecule has 0 aliphatic carbocycles. The Morgan fingerprint density at radius 2 is 2.31 bits per heavy atom. The van der Waals surface area contributed by atoms with Gasteiger partial charge in [0.05, 0.1) is 5.56 Å². The summed E-state index contributed by atoms with van der Waals surface area (Å²) in [4.78, 5) is 0. The summed E-state index contributed by atoms with van der Waals surface area (Å²) in [6.45, 7) is 2.05. The van der Waals surface area contributed by atoms with Gasteiger partial charge in [0.2, 0.25) is 0 Å². The van der Waals surface area contributed by atoms with Crippen molar-refractivity contribution in [3.63, 3.8) is 0 Å². The number of aliphatic hydroxyl groups is 1. The SMILES string of the molecule is CC(CO)c1ccc(I)c(C#N)c1. The minimum Gasteiger partial charge on any atom is -0.396 e. The predicted molar refractivity (Wildman–Crippen MR) is 59.4 cm³/mol. The van der Waals surface area contributed by atoms with E-state index in [1.54, 1.807) is 0 Å². The number of hydrogen-bond acceptors (Lipinski definition) is 2. The summed E-state index contributed by atoms with van der Waals surface area (Å²) in [5, 5.41) is 17.7. The van der Waals surface area contributed by atoms with Crippen molar-refractivity contribution >= 4 is 22.6 Å². The first kappa shape index (κ1) is 10.5. The van der Waals surface area contributed by atoms with Crippen molar-refractivity contribution in [3.05, 3.63) is 32.9 Å². The molecule has 0 aliphatic heterocycles. The lowest BCUT2D eigenvalue weighted by Crippen LogP contribution is -1.99. The van der Waals surface area contributed by atoms with Crippen molar-refractivity contribution in [2.75, 3.05) is 6.61 Å². The molecule has 2 nitrogen and oxygen atoms in total. The second-order valence-electron chi connectivity index (χ2n) is 2.93. The Morgan fingerprint density at radius 3 is 2.85 bits per heavy atom. The molecular weight excluding hydrogens is 277 g/mol. The highest BCUT2D eigenvalue weighted by atomic mass is 127. The normalized spacial score (nSPS) is 12.2. The van der Waals surface area contributed by atoms with Crippen LogP contribution in [0.4, 0.5) is 0 Å². The Morgan fingerprint density at radius 1 is 1.62 bits per heavy atom. The molecule has 0 heterocycles. The van der Waals surface area contributed by atoms with E-state index in [2.05, 4.69) is 28.7 Å². The highest BCUT2D eigenvalue weighted by Gasteiger charge is 2.06. The van der Waals surface area contributed by atoms with E-state index in [9.17, 15) is 0 Å². The van der Waals surface area contributed by atoms with Gasteiger partial charge in [0.1, 0.15) is 6.07 Å². The van der Waals surface area contributed by atoms with Crippen LogP contribution in [0.5, 0.6) is 0 Å². The molecule has 1 aromatic rings. The van der Waals surface area contributed by atoms with Gasteiger partial charge in [-0.1, -0.05) is 13.0 Å². The summed E-state index contributed by atoms with van der Waals surface area (Å²) in [6, 6.07) is 7.81. The largest absolute Gasteiger partial charge is 0.396 e. The lowest BCUT2D eigenvalue weighted by Gasteiger charge is -2.08. The molecule has 0 bridgehead atoms. The lowest BCUT2D eigenvalue weighted by molar-refractivity contribution is 0.273. The Hall–Kier alpha value is -0.600. The molecule has 68 valence electrons. The number of nitriles is 1. The second kappa shape index (κ2) is 4.58. The molecule has 1 atom stereocenters. The molecule has 0 saturated carbocycles. The van der Waals surface area contributed by atoms with Crippen LogP contribution < -0.4 is 0 Å². The van der Waals surface area contributed by atoms with Crippen LogP contribution in [0.3, 0.4) is 0 Å². The Labute approximate surface area is 91.3 Å². The first-order chi connectivity index (χ1) is 6.19. The zero-order valence-corrected chi connectivity index (χ0v) is 9.45. The first-order valence-corrected chi connectivity index (χ1v) is 5.07. The molecular formula is C10H10INO. The lowest BCUT2D eigenvalue weighted by atomic mass is 10.0. The molecule has 0 aromatic heterocycles. The van der Waals surface area contributed by atoms with E-state index in [4.69, 9.17) is 10.4 Å². The minimum absolute atomic E-state index is 0.101. The molecule has 1 aromatic carbocycles. The summed E-state index contributed by atoms with van der Waals surface area (Å²) >= 11 is 2.13. The molecule has 0 saturated heterocycles. The van der Waals surface area contributed by atoms with Crippen LogP contribution in [0, 0.1) is 14.9 Å². The monoisotopic (exact) mass is 287 g/mol. The molecule has 0 fully saturated rings. The van der Waals surface area contributed by atoms with Gasteiger partial charge < -0.3 is 5.11 Å². The van der Waals surface area contributed by atoms with Crippen LogP contribution in [0.25, 0.3) is 0 Å². The molecule has 1 N–H and O–H groups in total. The third-order valence-electron chi connectivity index (χ3n) is 1.95. The zero-order chi connectivity index (χ0) is 9.84. The third-order valence-corrected chi connectivity index (χ3v) is 2.89. The van der Waals surface area contributed by atoms with Crippen LogP contribution in [-0.4, -0.2) is 11.7 Å². The highest BCUT2D eigenvalue weighted by Crippen LogP contribution is 2.19. The van der Waals surface area contributed by atoms with E-state index in [0.29, 0.717) is 5.56 Å². The Kier molecular flexibility index (Phi) is 3.70. The second-order valence-corrected chi connectivity index (χ2v) is 4.10. The Balaban J connectivity index is 3.08. The standard InChI is InChI=1S/C10H10INO/c1-7(6-13)8-2-3-10(11)9(4-8)5-12/h2-4,7,13H,6H2,1H3. The molecule has 0 radical (unpaired) electrons. The van der Waals surface area contributed by atoms with Gasteiger partial charge in [0.15, 0.2) is 0 Å². The number of aliphatic hydroxyl groups excluding tert-OH is 1. The van der Waals surface area contributed by atoms with Crippen LogP contribution in [0.2, 0.25) is 0 Å². The van der Waals surface area contributed by atoms with E-state index >= 15 is 0 Å². The van der Waals surface area contributed by atoms with Crippen LogP contribution in [0.1, 0.15) is 24.0 Å². The highest BCUT2D eigenvalue weighted by molar-refractivity contribution is 14.1. The fourth-order valence-corrected chi connectivity index (χ4v) is 1.50. The van der Waals surface area contributed by atoms with Gasteiger partial charge in [-0.3, -0.25) is 0 Å².